The number of rotatable bonds is 2. The van der Waals surface area contributed by atoms with Crippen molar-refractivity contribution >= 4 is 0 Å². The number of hydrogen-bond donors (Lipinski definition) is 2. The molecule has 1 unspecified atom stereocenters. The van der Waals surface area contributed by atoms with Crippen LogP contribution < -0.4 is 5.90 Å². The molecule has 3 nitrogen and oxygen atoms in total. The zero-order valence-corrected chi connectivity index (χ0v) is 3.72. The van der Waals surface area contributed by atoms with E-state index in [4.69, 9.17) is 5.11 Å². The van der Waals surface area contributed by atoms with Crippen LogP contribution in [0.4, 0.5) is 0 Å². The fourth-order valence-corrected chi connectivity index (χ4v) is 0.0962. The average molecular weight is 91.1 g/mol. The van der Waals surface area contributed by atoms with Crippen molar-refractivity contribution in [3.05, 3.63) is 0 Å². The van der Waals surface area contributed by atoms with Crippen LogP contribution in [0.5, 0.6) is 0 Å². The van der Waals surface area contributed by atoms with Crippen molar-refractivity contribution in [1.29, 1.82) is 0 Å². The molecular formula is C3H9NO2. The summed E-state index contributed by atoms with van der Waals surface area (Å²) < 4.78 is 0. The summed E-state index contributed by atoms with van der Waals surface area (Å²) in [5.74, 6) is 4.53. The third-order valence-corrected chi connectivity index (χ3v) is 0.506. The molecule has 0 saturated heterocycles. The molecule has 3 heteroatoms. The van der Waals surface area contributed by atoms with Gasteiger partial charge in [0, 0.05) is 0 Å². The second-order valence-corrected chi connectivity index (χ2v) is 0.999. The molecule has 0 amide bonds. The largest absolute Gasteiger partial charge is 0.366 e. The first-order chi connectivity index (χ1) is 2.81. The Morgan fingerprint density at radius 3 is 2.50 bits per heavy atom. The van der Waals surface area contributed by atoms with Crippen LogP contribution in [0, 0.1) is 0 Å². The van der Waals surface area contributed by atoms with Crippen molar-refractivity contribution < 1.29 is 9.94 Å². The maximum Gasteiger partial charge on any atom is 0.173 e. The molecule has 0 radical (unpaired) electrons. The van der Waals surface area contributed by atoms with E-state index in [1.54, 1.807) is 6.92 Å². The first-order valence-electron chi connectivity index (χ1n) is 1.84. The summed E-state index contributed by atoms with van der Waals surface area (Å²) in [6.07, 6.45) is -0.249. The van der Waals surface area contributed by atoms with E-state index in [-0.39, 0.29) is 0 Å². The van der Waals surface area contributed by atoms with Gasteiger partial charge in [0.1, 0.15) is 0 Å². The van der Waals surface area contributed by atoms with Crippen LogP contribution in [0.3, 0.4) is 0 Å². The fourth-order valence-electron chi connectivity index (χ4n) is 0.0962. The lowest BCUT2D eigenvalue weighted by Crippen LogP contribution is -2.14. The molecule has 0 aliphatic rings. The van der Waals surface area contributed by atoms with Gasteiger partial charge in [-0.1, -0.05) is 6.92 Å². The average Bonchev–Trinajstić information content (AvgIpc) is 1.65. The van der Waals surface area contributed by atoms with E-state index < -0.39 is 6.29 Å². The van der Waals surface area contributed by atoms with E-state index in [9.17, 15) is 0 Å². The molecule has 0 saturated carbocycles. The number of aliphatic hydroxyl groups excluding tert-OH is 1. The Balaban J connectivity index is 2.75. The van der Waals surface area contributed by atoms with E-state index in [1.807, 2.05) is 0 Å². The Kier molecular flexibility index (Phi) is 3.02. The van der Waals surface area contributed by atoms with Gasteiger partial charge >= 0.3 is 0 Å². The summed E-state index contributed by atoms with van der Waals surface area (Å²) in [5, 5.41) is 8.32. The summed E-state index contributed by atoms with van der Waals surface area (Å²) in [7, 11) is 0. The molecular weight excluding hydrogens is 82.0 g/mol. The highest BCUT2D eigenvalue weighted by Crippen LogP contribution is 1.83. The van der Waals surface area contributed by atoms with Crippen LogP contribution in [-0.2, 0) is 4.84 Å². The molecule has 0 bridgehead atoms. The molecule has 38 valence electrons. The van der Waals surface area contributed by atoms with E-state index in [0.717, 1.165) is 0 Å². The standard InChI is InChI=1S/C3H9NO2/c1-2-3(5)6-4/h3,5H,2,4H2,1H3. The summed E-state index contributed by atoms with van der Waals surface area (Å²) in [6, 6.07) is 0. The van der Waals surface area contributed by atoms with Gasteiger partial charge in [-0.05, 0) is 6.42 Å². The summed E-state index contributed by atoms with van der Waals surface area (Å²) >= 11 is 0. The molecule has 0 aromatic rings. The van der Waals surface area contributed by atoms with Crippen LogP contribution in [0.25, 0.3) is 0 Å². The first-order valence-corrected chi connectivity index (χ1v) is 1.84. The van der Waals surface area contributed by atoms with Crippen LogP contribution in [-0.4, -0.2) is 11.4 Å². The zero-order valence-electron chi connectivity index (χ0n) is 3.72. The number of nitrogens with two attached hydrogens (primary N) is 1. The van der Waals surface area contributed by atoms with Gasteiger partial charge in [-0.25, -0.2) is 5.90 Å². The second kappa shape index (κ2) is 3.08. The number of aliphatic hydroxyl groups is 1. The monoisotopic (exact) mass is 91.1 g/mol. The third kappa shape index (κ3) is 2.14. The SMILES string of the molecule is CCC(O)ON. The topological polar surface area (TPSA) is 55.5 Å². The van der Waals surface area contributed by atoms with E-state index in [2.05, 4.69) is 10.7 Å². The maximum absolute atomic E-state index is 8.32. The molecule has 6 heavy (non-hydrogen) atoms. The lowest BCUT2D eigenvalue weighted by atomic mass is 10.5. The maximum atomic E-state index is 8.32. The van der Waals surface area contributed by atoms with Gasteiger partial charge in [0.2, 0.25) is 0 Å². The molecule has 0 aliphatic heterocycles. The Morgan fingerprint density at radius 1 is 2.00 bits per heavy atom. The predicted octanol–water partition coefficient (Wildman–Crippen LogP) is -0.395. The van der Waals surface area contributed by atoms with Crippen LogP contribution >= 0.6 is 0 Å². The predicted molar refractivity (Wildman–Crippen MR) is 21.6 cm³/mol. The highest BCUT2D eigenvalue weighted by Gasteiger charge is 1.91. The molecule has 0 fully saturated rings. The van der Waals surface area contributed by atoms with Crippen molar-refractivity contribution in [2.75, 3.05) is 0 Å². The highest BCUT2D eigenvalue weighted by atomic mass is 16.7. The smallest absolute Gasteiger partial charge is 0.173 e. The van der Waals surface area contributed by atoms with Crippen molar-refractivity contribution in [3.8, 4) is 0 Å². The molecule has 0 spiro atoms. The Hall–Kier alpha value is -0.120. The van der Waals surface area contributed by atoms with Crippen molar-refractivity contribution in [3.63, 3.8) is 0 Å². The molecule has 0 aromatic carbocycles. The summed E-state index contributed by atoms with van der Waals surface area (Å²) in [4.78, 5) is 3.95. The van der Waals surface area contributed by atoms with Crippen LogP contribution in [0.15, 0.2) is 0 Å². The molecule has 3 N–H and O–H groups in total. The lowest BCUT2D eigenvalue weighted by Gasteiger charge is -1.99. The Morgan fingerprint density at radius 2 is 2.50 bits per heavy atom. The van der Waals surface area contributed by atoms with Crippen molar-refractivity contribution in [2.45, 2.75) is 19.6 Å². The summed E-state index contributed by atoms with van der Waals surface area (Å²) in [5.41, 5.74) is 0. The van der Waals surface area contributed by atoms with Gasteiger partial charge in [-0.2, -0.15) is 0 Å². The molecule has 0 rings (SSSR count). The van der Waals surface area contributed by atoms with Gasteiger partial charge in [0.05, 0.1) is 0 Å². The molecule has 1 atom stereocenters. The minimum absolute atomic E-state index is 0.538. The Labute approximate surface area is 36.7 Å². The van der Waals surface area contributed by atoms with Crippen molar-refractivity contribution in [2.24, 2.45) is 5.90 Å². The molecule has 0 aromatic heterocycles. The fraction of sp³-hybridized carbons (Fsp3) is 1.00. The Bertz CT molecular complexity index is 28.0. The van der Waals surface area contributed by atoms with Gasteiger partial charge in [0.15, 0.2) is 6.29 Å². The lowest BCUT2D eigenvalue weighted by molar-refractivity contribution is -0.102. The third-order valence-electron chi connectivity index (χ3n) is 0.506. The minimum atomic E-state index is -0.787. The van der Waals surface area contributed by atoms with E-state index in [1.165, 1.54) is 0 Å². The van der Waals surface area contributed by atoms with Gasteiger partial charge < -0.3 is 5.11 Å². The van der Waals surface area contributed by atoms with E-state index in [0.29, 0.717) is 6.42 Å². The molecule has 0 heterocycles. The van der Waals surface area contributed by atoms with Gasteiger partial charge in [0.25, 0.3) is 0 Å². The van der Waals surface area contributed by atoms with Crippen LogP contribution in [0.1, 0.15) is 13.3 Å². The second-order valence-electron chi connectivity index (χ2n) is 0.999. The molecule has 0 aliphatic carbocycles. The number of hydrogen-bond acceptors (Lipinski definition) is 3. The van der Waals surface area contributed by atoms with Gasteiger partial charge in [-0.3, -0.25) is 4.84 Å². The van der Waals surface area contributed by atoms with Gasteiger partial charge in [-0.15, -0.1) is 0 Å². The summed E-state index contributed by atoms with van der Waals surface area (Å²) in [6.45, 7) is 1.78. The van der Waals surface area contributed by atoms with E-state index >= 15 is 0 Å². The minimum Gasteiger partial charge on any atom is -0.366 e. The van der Waals surface area contributed by atoms with Crippen LogP contribution in [0.2, 0.25) is 0 Å². The zero-order chi connectivity index (χ0) is 4.99. The first kappa shape index (κ1) is 5.88. The quantitative estimate of drug-likeness (QED) is 0.359. The normalized spacial score (nSPS) is 14.5. The van der Waals surface area contributed by atoms with Crippen molar-refractivity contribution in [1.82, 2.24) is 0 Å². The highest BCUT2D eigenvalue weighted by molar-refractivity contribution is 4.25.